The number of methoxy groups -OCH3 is 2. The number of anilines is 1. The molecule has 0 N–H and O–H groups in total. The Morgan fingerprint density at radius 3 is 2.52 bits per heavy atom. The summed E-state index contributed by atoms with van der Waals surface area (Å²) in [5.41, 5.74) is 3.37. The number of carbonyl (C=O) groups excluding carboxylic acids is 2. The van der Waals surface area contributed by atoms with E-state index in [-0.39, 0.29) is 12.5 Å². The van der Waals surface area contributed by atoms with Crippen LogP contribution in [0.1, 0.15) is 21.5 Å². The number of ether oxygens (including phenoxy) is 2. The van der Waals surface area contributed by atoms with E-state index in [1.807, 2.05) is 6.07 Å². The average Bonchev–Trinajstić information content (AvgIpc) is 2.77. The number of rotatable bonds is 4. The highest BCUT2D eigenvalue weighted by Crippen LogP contribution is 2.37. The van der Waals surface area contributed by atoms with Gasteiger partial charge in [0, 0.05) is 29.8 Å². The van der Waals surface area contributed by atoms with Crippen LogP contribution in [0.4, 0.5) is 5.69 Å². The van der Waals surface area contributed by atoms with Crippen molar-refractivity contribution in [1.29, 1.82) is 0 Å². The number of benzene rings is 2. The first kappa shape index (κ1) is 16.7. The molecule has 0 fully saturated rings. The maximum absolute atomic E-state index is 12.3. The highest BCUT2D eigenvalue weighted by molar-refractivity contribution is 6.20. The van der Waals surface area contributed by atoms with E-state index in [9.17, 15) is 9.59 Å². The topological polar surface area (TPSA) is 68.2 Å². The largest absolute Gasteiger partial charge is 0.493 e. The van der Waals surface area contributed by atoms with E-state index < -0.39 is 0 Å². The van der Waals surface area contributed by atoms with Gasteiger partial charge in [0.1, 0.15) is 12.8 Å². The zero-order valence-electron chi connectivity index (χ0n) is 14.3. The third kappa shape index (κ3) is 2.98. The molecule has 6 nitrogen and oxygen atoms in total. The number of benzodiazepines with no additional fused rings is 1. The summed E-state index contributed by atoms with van der Waals surface area (Å²) in [5, 5.41) is 0. The van der Waals surface area contributed by atoms with Gasteiger partial charge in [0.05, 0.1) is 25.6 Å². The van der Waals surface area contributed by atoms with Crippen molar-refractivity contribution >= 4 is 23.6 Å². The molecule has 25 heavy (non-hydrogen) atoms. The highest BCUT2D eigenvalue weighted by atomic mass is 16.5. The molecular formula is C19H18N2O4. The van der Waals surface area contributed by atoms with Crippen LogP contribution in [-0.4, -0.2) is 45.7 Å². The number of hydrogen-bond donors (Lipinski definition) is 0. The summed E-state index contributed by atoms with van der Waals surface area (Å²) in [4.78, 5) is 29.5. The molecule has 1 aliphatic heterocycles. The summed E-state index contributed by atoms with van der Waals surface area (Å²) in [6.07, 6.45) is 0.785. The monoisotopic (exact) mass is 338 g/mol. The van der Waals surface area contributed by atoms with E-state index >= 15 is 0 Å². The van der Waals surface area contributed by atoms with Crippen molar-refractivity contribution in [3.63, 3.8) is 0 Å². The van der Waals surface area contributed by atoms with Crippen LogP contribution in [0.25, 0.3) is 0 Å². The van der Waals surface area contributed by atoms with Gasteiger partial charge in [0.25, 0.3) is 0 Å². The molecule has 1 amide bonds. The van der Waals surface area contributed by atoms with E-state index in [0.29, 0.717) is 28.5 Å². The summed E-state index contributed by atoms with van der Waals surface area (Å²) in [5.74, 6) is 0.946. The van der Waals surface area contributed by atoms with Crippen molar-refractivity contribution < 1.29 is 19.1 Å². The molecule has 1 heterocycles. The maximum atomic E-state index is 12.3. The van der Waals surface area contributed by atoms with Crippen molar-refractivity contribution in [2.75, 3.05) is 32.7 Å². The molecule has 0 bridgehead atoms. The van der Waals surface area contributed by atoms with Gasteiger partial charge in [-0.25, -0.2) is 0 Å². The van der Waals surface area contributed by atoms with Gasteiger partial charge in [-0.15, -0.1) is 0 Å². The lowest BCUT2D eigenvalue weighted by Gasteiger charge is -2.20. The van der Waals surface area contributed by atoms with Crippen LogP contribution in [0.3, 0.4) is 0 Å². The molecule has 0 spiro atoms. The van der Waals surface area contributed by atoms with E-state index in [1.54, 1.807) is 56.5 Å². The fourth-order valence-corrected chi connectivity index (χ4v) is 2.81. The molecule has 0 saturated heterocycles. The zero-order valence-corrected chi connectivity index (χ0v) is 14.3. The van der Waals surface area contributed by atoms with Crippen molar-refractivity contribution in [3.05, 3.63) is 53.1 Å². The van der Waals surface area contributed by atoms with E-state index in [4.69, 9.17) is 9.47 Å². The Morgan fingerprint density at radius 2 is 1.84 bits per heavy atom. The van der Waals surface area contributed by atoms with Crippen molar-refractivity contribution in [2.45, 2.75) is 0 Å². The summed E-state index contributed by atoms with van der Waals surface area (Å²) >= 11 is 0. The van der Waals surface area contributed by atoms with Crippen LogP contribution < -0.4 is 14.4 Å². The van der Waals surface area contributed by atoms with Crippen LogP contribution in [-0.2, 0) is 4.79 Å². The Hall–Kier alpha value is -3.15. The van der Waals surface area contributed by atoms with Gasteiger partial charge < -0.3 is 14.4 Å². The molecule has 1 aliphatic rings. The number of aliphatic imine (C=N–C) groups is 1. The minimum absolute atomic E-state index is 0.0243. The van der Waals surface area contributed by atoms with Crippen LogP contribution in [0, 0.1) is 0 Å². The molecule has 3 rings (SSSR count). The number of aldehydes is 1. The van der Waals surface area contributed by atoms with Crippen LogP contribution >= 0.6 is 0 Å². The van der Waals surface area contributed by atoms with Crippen LogP contribution in [0.5, 0.6) is 11.5 Å². The van der Waals surface area contributed by atoms with Gasteiger partial charge in [-0.05, 0) is 12.1 Å². The summed E-state index contributed by atoms with van der Waals surface area (Å²) < 4.78 is 10.7. The van der Waals surface area contributed by atoms with E-state index in [2.05, 4.69) is 4.99 Å². The Balaban J connectivity index is 2.25. The third-order valence-electron chi connectivity index (χ3n) is 4.16. The Morgan fingerprint density at radius 1 is 1.12 bits per heavy atom. The fourth-order valence-electron chi connectivity index (χ4n) is 2.81. The molecule has 0 atom stereocenters. The standard InChI is InChI=1S/C19H18N2O4/c1-21-15-9-17(25-3)16(24-2)8-14(15)19(20-10-18(21)23)13-6-4-5-12(7-13)11-22/h4-9,11H,10H2,1-3H3. The van der Waals surface area contributed by atoms with Crippen LogP contribution in [0.2, 0.25) is 0 Å². The number of nitrogens with zero attached hydrogens (tertiary/aromatic N) is 2. The Labute approximate surface area is 145 Å². The molecular weight excluding hydrogens is 320 g/mol. The van der Waals surface area contributed by atoms with Gasteiger partial charge in [-0.1, -0.05) is 18.2 Å². The van der Waals surface area contributed by atoms with Crippen LogP contribution in [0.15, 0.2) is 41.4 Å². The minimum atomic E-state index is -0.130. The molecule has 0 aromatic heterocycles. The normalized spacial score (nSPS) is 13.6. The zero-order chi connectivity index (χ0) is 18.0. The second-order valence-electron chi connectivity index (χ2n) is 5.59. The lowest BCUT2D eigenvalue weighted by atomic mass is 9.98. The lowest BCUT2D eigenvalue weighted by molar-refractivity contribution is -0.116. The number of amides is 1. The molecule has 2 aromatic carbocycles. The predicted molar refractivity (Wildman–Crippen MR) is 95.3 cm³/mol. The maximum Gasteiger partial charge on any atom is 0.248 e. The van der Waals surface area contributed by atoms with Gasteiger partial charge in [0.15, 0.2) is 11.5 Å². The second kappa shape index (κ2) is 6.76. The lowest BCUT2D eigenvalue weighted by Crippen LogP contribution is -2.27. The van der Waals surface area contributed by atoms with Gasteiger partial charge in [-0.3, -0.25) is 14.6 Å². The summed E-state index contributed by atoms with van der Waals surface area (Å²) in [6.45, 7) is 0.0243. The first-order chi connectivity index (χ1) is 12.1. The summed E-state index contributed by atoms with van der Waals surface area (Å²) in [6, 6.07) is 10.7. The van der Waals surface area contributed by atoms with E-state index in [1.165, 1.54) is 0 Å². The number of carbonyl (C=O) groups is 2. The molecule has 0 saturated carbocycles. The Kier molecular flexibility index (Phi) is 4.52. The first-order valence-electron chi connectivity index (χ1n) is 7.72. The van der Waals surface area contributed by atoms with Crippen molar-refractivity contribution in [3.8, 4) is 11.5 Å². The average molecular weight is 338 g/mol. The first-order valence-corrected chi connectivity index (χ1v) is 7.72. The number of fused-ring (bicyclic) bond motifs is 1. The molecule has 0 unspecified atom stereocenters. The fraction of sp³-hybridized carbons (Fsp3) is 0.211. The Bertz CT molecular complexity index is 874. The molecule has 0 aliphatic carbocycles. The number of hydrogen-bond acceptors (Lipinski definition) is 5. The van der Waals surface area contributed by atoms with Crippen molar-refractivity contribution in [1.82, 2.24) is 0 Å². The molecule has 2 aromatic rings. The van der Waals surface area contributed by atoms with Crippen molar-refractivity contribution in [2.24, 2.45) is 4.99 Å². The highest BCUT2D eigenvalue weighted by Gasteiger charge is 2.25. The predicted octanol–water partition coefficient (Wildman–Crippen LogP) is 2.33. The quantitative estimate of drug-likeness (QED) is 0.803. The number of likely N-dealkylation sites (N-methyl/N-ethyl adjacent to an activating group) is 1. The van der Waals surface area contributed by atoms with Gasteiger partial charge in [0.2, 0.25) is 5.91 Å². The summed E-state index contributed by atoms with van der Waals surface area (Å²) in [7, 11) is 4.80. The molecule has 0 radical (unpaired) electrons. The van der Waals surface area contributed by atoms with E-state index in [0.717, 1.165) is 17.4 Å². The molecule has 128 valence electrons. The minimum Gasteiger partial charge on any atom is -0.493 e. The smallest absolute Gasteiger partial charge is 0.248 e. The molecule has 6 heteroatoms. The van der Waals surface area contributed by atoms with Gasteiger partial charge >= 0.3 is 0 Å². The third-order valence-corrected chi connectivity index (χ3v) is 4.16. The van der Waals surface area contributed by atoms with Gasteiger partial charge in [-0.2, -0.15) is 0 Å². The SMILES string of the molecule is COc1cc2c(cc1OC)N(C)C(=O)CN=C2c1cccc(C=O)c1. The second-order valence-corrected chi connectivity index (χ2v) is 5.59.